The molecule has 1 radical (unpaired) electrons. The van der Waals surface area contributed by atoms with E-state index >= 15 is 0 Å². The van der Waals surface area contributed by atoms with Crippen LogP contribution in [0.2, 0.25) is 0 Å². The SMILES string of the molecule is CCC1=N[N]C(=NC(=O)c2ccoc2C(=O)O)S1. The summed E-state index contributed by atoms with van der Waals surface area (Å²) in [5.41, 5.74) is 3.61. The van der Waals surface area contributed by atoms with Gasteiger partial charge in [0.25, 0.3) is 5.91 Å². The number of amides is 1. The lowest BCUT2D eigenvalue weighted by molar-refractivity contribution is 0.0657. The lowest BCUT2D eigenvalue weighted by Gasteiger charge is -1.94. The van der Waals surface area contributed by atoms with Crippen LogP contribution in [0.3, 0.4) is 0 Å². The number of rotatable bonds is 3. The highest BCUT2D eigenvalue weighted by Crippen LogP contribution is 2.18. The molecule has 0 saturated heterocycles. The maximum atomic E-state index is 11.7. The Morgan fingerprint density at radius 1 is 1.56 bits per heavy atom. The highest BCUT2D eigenvalue weighted by atomic mass is 32.2. The Hall–Kier alpha value is -2.09. The lowest BCUT2D eigenvalue weighted by atomic mass is 10.2. The molecule has 0 fully saturated rings. The molecule has 8 heteroatoms. The fraction of sp³-hybridized carbons (Fsp3) is 0.200. The molecule has 2 rings (SSSR count). The fourth-order valence-corrected chi connectivity index (χ4v) is 1.87. The van der Waals surface area contributed by atoms with Gasteiger partial charge < -0.3 is 9.52 Å². The van der Waals surface area contributed by atoms with Crippen LogP contribution in [0.15, 0.2) is 26.8 Å². The summed E-state index contributed by atoms with van der Waals surface area (Å²) >= 11 is 1.18. The number of carbonyl (C=O) groups is 2. The Labute approximate surface area is 106 Å². The number of hydrogen-bond acceptors (Lipinski definition) is 5. The van der Waals surface area contributed by atoms with E-state index in [1.807, 2.05) is 6.92 Å². The number of carboxylic acids is 1. The molecule has 1 aromatic heterocycles. The molecule has 93 valence electrons. The first-order valence-corrected chi connectivity index (χ1v) is 5.82. The maximum Gasteiger partial charge on any atom is 0.372 e. The molecule has 7 nitrogen and oxygen atoms in total. The molecule has 18 heavy (non-hydrogen) atoms. The topological polar surface area (TPSA) is 106 Å². The minimum absolute atomic E-state index is 0.101. The van der Waals surface area contributed by atoms with Gasteiger partial charge in [0, 0.05) is 0 Å². The standard InChI is InChI=1S/C10H8N3O4S/c1-2-6-12-13-10(18-6)11-8(14)5-3-4-17-7(5)9(15)16/h3-4H,2H2,1H3,(H,15,16). The van der Waals surface area contributed by atoms with E-state index in [9.17, 15) is 9.59 Å². The number of aromatic carboxylic acids is 1. The molecule has 0 atom stereocenters. The Morgan fingerprint density at radius 2 is 2.33 bits per heavy atom. The summed E-state index contributed by atoms with van der Waals surface area (Å²) < 4.78 is 4.70. The van der Waals surface area contributed by atoms with E-state index in [0.29, 0.717) is 6.42 Å². The fourth-order valence-electron chi connectivity index (χ4n) is 1.22. The molecular formula is C10H8N3O4S. The number of carbonyl (C=O) groups excluding carboxylic acids is 1. The normalized spacial score (nSPS) is 16.5. The second kappa shape index (κ2) is 5.05. The van der Waals surface area contributed by atoms with E-state index in [2.05, 4.69) is 15.5 Å². The summed E-state index contributed by atoms with van der Waals surface area (Å²) in [6, 6.07) is 1.26. The summed E-state index contributed by atoms with van der Waals surface area (Å²) in [4.78, 5) is 26.2. The van der Waals surface area contributed by atoms with Gasteiger partial charge in [-0.2, -0.15) is 4.99 Å². The number of nitrogens with zero attached hydrogens (tertiary/aromatic N) is 3. The average molecular weight is 266 g/mol. The number of amidine groups is 1. The van der Waals surface area contributed by atoms with Crippen LogP contribution in [0.4, 0.5) is 0 Å². The zero-order valence-corrected chi connectivity index (χ0v) is 10.1. The Bertz CT molecular complexity index is 561. The van der Waals surface area contributed by atoms with E-state index in [4.69, 9.17) is 9.52 Å². The molecular weight excluding hydrogens is 258 g/mol. The van der Waals surface area contributed by atoms with Crippen LogP contribution in [0.1, 0.15) is 34.3 Å². The summed E-state index contributed by atoms with van der Waals surface area (Å²) in [7, 11) is 0. The first kappa shape index (κ1) is 12.4. The smallest absolute Gasteiger partial charge is 0.372 e. The monoisotopic (exact) mass is 266 g/mol. The maximum absolute atomic E-state index is 11.7. The van der Waals surface area contributed by atoms with E-state index in [-0.39, 0.29) is 10.7 Å². The largest absolute Gasteiger partial charge is 0.475 e. The van der Waals surface area contributed by atoms with Crippen molar-refractivity contribution in [3.05, 3.63) is 23.7 Å². The number of carboxylic acid groups (broad SMARTS) is 1. The van der Waals surface area contributed by atoms with Gasteiger partial charge >= 0.3 is 5.97 Å². The van der Waals surface area contributed by atoms with Crippen molar-refractivity contribution in [1.29, 1.82) is 0 Å². The van der Waals surface area contributed by atoms with E-state index in [1.54, 1.807) is 0 Å². The zero-order valence-electron chi connectivity index (χ0n) is 9.28. The van der Waals surface area contributed by atoms with Gasteiger partial charge in [0.05, 0.1) is 11.8 Å². The van der Waals surface area contributed by atoms with Crippen LogP contribution in [0.25, 0.3) is 0 Å². The van der Waals surface area contributed by atoms with Crippen molar-refractivity contribution < 1.29 is 19.1 Å². The number of aliphatic imine (C=N–C) groups is 1. The molecule has 0 bridgehead atoms. The van der Waals surface area contributed by atoms with Crippen LogP contribution in [0, 0.1) is 0 Å². The van der Waals surface area contributed by atoms with Gasteiger partial charge in [-0.25, -0.2) is 4.79 Å². The van der Waals surface area contributed by atoms with Gasteiger partial charge in [0.15, 0.2) is 0 Å². The number of hydrogen-bond donors (Lipinski definition) is 1. The van der Waals surface area contributed by atoms with Gasteiger partial charge in [-0.05, 0) is 24.2 Å². The highest BCUT2D eigenvalue weighted by Gasteiger charge is 2.22. The number of thioether (sulfide) groups is 1. The second-order valence-corrected chi connectivity index (χ2v) is 4.26. The van der Waals surface area contributed by atoms with Gasteiger partial charge in [0.2, 0.25) is 10.9 Å². The van der Waals surface area contributed by atoms with Gasteiger partial charge in [-0.15, -0.1) is 10.5 Å². The van der Waals surface area contributed by atoms with Crippen LogP contribution in [-0.2, 0) is 0 Å². The van der Waals surface area contributed by atoms with Crippen LogP contribution < -0.4 is 5.43 Å². The van der Waals surface area contributed by atoms with Gasteiger partial charge in [0.1, 0.15) is 5.04 Å². The van der Waals surface area contributed by atoms with E-state index in [0.717, 1.165) is 11.3 Å². The molecule has 2 heterocycles. The predicted octanol–water partition coefficient (Wildman–Crippen LogP) is 1.55. The first-order valence-electron chi connectivity index (χ1n) is 5.01. The Kier molecular flexibility index (Phi) is 3.47. The van der Waals surface area contributed by atoms with Gasteiger partial charge in [-0.1, -0.05) is 6.92 Å². The molecule has 1 aliphatic heterocycles. The molecule has 1 aliphatic rings. The molecule has 0 spiro atoms. The van der Waals surface area contributed by atoms with E-state index < -0.39 is 17.6 Å². The second-order valence-electron chi connectivity index (χ2n) is 3.22. The Morgan fingerprint density at radius 3 is 2.94 bits per heavy atom. The van der Waals surface area contributed by atoms with Crippen LogP contribution in [0.5, 0.6) is 0 Å². The molecule has 0 saturated carbocycles. The van der Waals surface area contributed by atoms with Crippen molar-refractivity contribution in [3.63, 3.8) is 0 Å². The van der Waals surface area contributed by atoms with Crippen molar-refractivity contribution in [2.45, 2.75) is 13.3 Å². The zero-order chi connectivity index (χ0) is 13.1. The first-order chi connectivity index (χ1) is 8.61. The highest BCUT2D eigenvalue weighted by molar-refractivity contribution is 8.26. The molecule has 1 aromatic rings. The van der Waals surface area contributed by atoms with Crippen molar-refractivity contribution in [3.8, 4) is 0 Å². The molecule has 1 amide bonds. The third-order valence-electron chi connectivity index (χ3n) is 2.05. The predicted molar refractivity (Wildman–Crippen MR) is 64.9 cm³/mol. The summed E-state index contributed by atoms with van der Waals surface area (Å²) in [6.07, 6.45) is 1.83. The molecule has 0 aliphatic carbocycles. The van der Waals surface area contributed by atoms with Crippen LogP contribution >= 0.6 is 11.8 Å². The third kappa shape index (κ3) is 2.43. The average Bonchev–Trinajstić information content (AvgIpc) is 2.96. The van der Waals surface area contributed by atoms with Crippen molar-refractivity contribution in [2.75, 3.05) is 0 Å². The minimum Gasteiger partial charge on any atom is -0.475 e. The van der Waals surface area contributed by atoms with Crippen molar-refractivity contribution >= 4 is 33.8 Å². The van der Waals surface area contributed by atoms with Gasteiger partial charge in [-0.3, -0.25) is 4.79 Å². The summed E-state index contributed by atoms with van der Waals surface area (Å²) in [5, 5.41) is 13.6. The Balaban J connectivity index is 2.16. The lowest BCUT2D eigenvalue weighted by Crippen LogP contribution is -2.08. The molecule has 0 aromatic carbocycles. The number of furan rings is 1. The summed E-state index contributed by atoms with van der Waals surface area (Å²) in [6.45, 7) is 1.91. The molecule has 0 unspecified atom stereocenters. The van der Waals surface area contributed by atoms with Crippen LogP contribution in [-0.4, -0.2) is 27.2 Å². The molecule has 1 N–H and O–H groups in total. The van der Waals surface area contributed by atoms with Crippen molar-refractivity contribution in [1.82, 2.24) is 5.43 Å². The summed E-state index contributed by atoms with van der Waals surface area (Å²) in [5.74, 6) is -2.45. The third-order valence-corrected chi connectivity index (χ3v) is 3.01. The van der Waals surface area contributed by atoms with E-state index in [1.165, 1.54) is 17.8 Å². The minimum atomic E-state index is -1.31. The van der Waals surface area contributed by atoms with Crippen molar-refractivity contribution in [2.24, 2.45) is 10.1 Å². The quantitative estimate of drug-likeness (QED) is 0.893.